The Balaban J connectivity index is 1.35. The van der Waals surface area contributed by atoms with Crippen molar-refractivity contribution in [3.63, 3.8) is 0 Å². The average molecular weight is 418 g/mol. The number of hydrogen-bond donors (Lipinski definition) is 2. The molecule has 6 nitrogen and oxygen atoms in total. The van der Waals surface area contributed by atoms with Gasteiger partial charge in [0.15, 0.2) is 0 Å². The summed E-state index contributed by atoms with van der Waals surface area (Å²) in [5.74, 6) is 0.971. The summed E-state index contributed by atoms with van der Waals surface area (Å²) >= 11 is 0. The van der Waals surface area contributed by atoms with Gasteiger partial charge in [-0.15, -0.1) is 0 Å². The second kappa shape index (κ2) is 9.98. The Kier molecular flexibility index (Phi) is 6.67. The van der Waals surface area contributed by atoms with E-state index >= 15 is 0 Å². The molecule has 2 heterocycles. The van der Waals surface area contributed by atoms with Gasteiger partial charge in [0.2, 0.25) is 0 Å². The number of hydrogen-bond acceptors (Lipinski definition) is 3. The maximum Gasteiger partial charge on any atom is 0.321 e. The second-order valence-corrected chi connectivity index (χ2v) is 7.79. The minimum atomic E-state index is -0.0945. The number of benzene rings is 2. The Hall–Kier alpha value is -3.54. The highest BCUT2D eigenvalue weighted by molar-refractivity contribution is 5.94. The topological polar surface area (TPSA) is 74.6 Å². The molecule has 3 amide bonds. The molecule has 0 bridgehead atoms. The van der Waals surface area contributed by atoms with Crippen molar-refractivity contribution in [3.8, 4) is 0 Å². The van der Waals surface area contributed by atoms with Crippen LogP contribution >= 0.6 is 0 Å². The molecule has 1 aliphatic rings. The third-order valence-electron chi connectivity index (χ3n) is 5.59. The number of carbonyl (C=O) groups is 2. The van der Waals surface area contributed by atoms with Gasteiger partial charge < -0.3 is 20.0 Å². The molecular weight excluding hydrogens is 390 g/mol. The van der Waals surface area contributed by atoms with Crippen LogP contribution < -0.4 is 10.6 Å². The van der Waals surface area contributed by atoms with Crippen molar-refractivity contribution >= 4 is 17.6 Å². The van der Waals surface area contributed by atoms with Crippen LogP contribution in [0, 0.1) is 0 Å². The number of nitrogens with zero attached hydrogens (tertiary/aromatic N) is 1. The Labute approximate surface area is 182 Å². The molecule has 2 aromatic carbocycles. The van der Waals surface area contributed by atoms with Crippen LogP contribution in [0.15, 0.2) is 77.4 Å². The predicted octanol–water partition coefficient (Wildman–Crippen LogP) is 4.66. The van der Waals surface area contributed by atoms with E-state index in [1.54, 1.807) is 6.26 Å². The van der Waals surface area contributed by atoms with Gasteiger partial charge in [0.25, 0.3) is 5.91 Å². The summed E-state index contributed by atoms with van der Waals surface area (Å²) in [6.07, 6.45) is 4.23. The average Bonchev–Trinajstić information content (AvgIpc) is 3.33. The van der Waals surface area contributed by atoms with Gasteiger partial charge in [0.1, 0.15) is 5.76 Å². The fourth-order valence-electron chi connectivity index (χ4n) is 3.95. The minimum Gasteiger partial charge on any atom is -0.469 e. The molecule has 1 saturated heterocycles. The molecule has 3 aromatic rings. The van der Waals surface area contributed by atoms with Crippen molar-refractivity contribution in [3.05, 3.63) is 89.9 Å². The van der Waals surface area contributed by atoms with Crippen LogP contribution in [0.25, 0.3) is 0 Å². The van der Waals surface area contributed by atoms with E-state index in [2.05, 4.69) is 10.6 Å². The van der Waals surface area contributed by atoms with Crippen molar-refractivity contribution in [1.82, 2.24) is 10.2 Å². The number of nitrogens with one attached hydrogen (secondary N) is 2. The maximum atomic E-state index is 12.7. The third-order valence-corrected chi connectivity index (χ3v) is 5.59. The monoisotopic (exact) mass is 417 g/mol. The van der Waals surface area contributed by atoms with E-state index < -0.39 is 0 Å². The number of rotatable bonds is 6. The van der Waals surface area contributed by atoms with E-state index in [0.29, 0.717) is 25.1 Å². The zero-order valence-corrected chi connectivity index (χ0v) is 17.4. The highest BCUT2D eigenvalue weighted by atomic mass is 16.3. The van der Waals surface area contributed by atoms with Crippen LogP contribution in [0.2, 0.25) is 0 Å². The lowest BCUT2D eigenvalue weighted by molar-refractivity contribution is 0.0953. The smallest absolute Gasteiger partial charge is 0.321 e. The molecule has 0 aliphatic carbocycles. The molecule has 2 N–H and O–H groups in total. The van der Waals surface area contributed by atoms with E-state index in [4.69, 9.17) is 4.42 Å². The fourth-order valence-corrected chi connectivity index (χ4v) is 3.95. The summed E-state index contributed by atoms with van der Waals surface area (Å²) in [5.41, 5.74) is 2.53. The number of urea groups is 1. The molecule has 1 aliphatic heterocycles. The summed E-state index contributed by atoms with van der Waals surface area (Å²) in [5, 5.41) is 5.91. The highest BCUT2D eigenvalue weighted by Crippen LogP contribution is 2.28. The van der Waals surface area contributed by atoms with Crippen molar-refractivity contribution in [2.45, 2.75) is 25.2 Å². The van der Waals surface area contributed by atoms with Crippen LogP contribution in [0.5, 0.6) is 0 Å². The summed E-state index contributed by atoms with van der Waals surface area (Å²) < 4.78 is 5.30. The summed E-state index contributed by atoms with van der Waals surface area (Å²) in [6.45, 7) is 1.90. The normalized spacial score (nSPS) is 16.0. The van der Waals surface area contributed by atoms with Crippen molar-refractivity contribution in [1.29, 1.82) is 0 Å². The zero-order valence-electron chi connectivity index (χ0n) is 17.4. The van der Waals surface area contributed by atoms with E-state index in [0.717, 1.165) is 36.4 Å². The van der Waals surface area contributed by atoms with E-state index in [1.165, 1.54) is 0 Å². The van der Waals surface area contributed by atoms with Gasteiger partial charge in [-0.1, -0.05) is 30.3 Å². The van der Waals surface area contributed by atoms with Gasteiger partial charge in [-0.25, -0.2) is 4.79 Å². The first-order valence-corrected chi connectivity index (χ1v) is 10.7. The molecule has 1 aromatic heterocycles. The van der Waals surface area contributed by atoms with Crippen molar-refractivity contribution in [2.75, 3.05) is 25.0 Å². The molecule has 31 heavy (non-hydrogen) atoms. The van der Waals surface area contributed by atoms with Crippen LogP contribution in [0.3, 0.4) is 0 Å². The van der Waals surface area contributed by atoms with Gasteiger partial charge >= 0.3 is 6.03 Å². The van der Waals surface area contributed by atoms with Gasteiger partial charge in [-0.2, -0.15) is 0 Å². The number of likely N-dealkylation sites (tertiary alicyclic amines) is 1. The molecule has 0 saturated carbocycles. The van der Waals surface area contributed by atoms with Crippen molar-refractivity contribution < 1.29 is 14.0 Å². The van der Waals surface area contributed by atoms with E-state index in [1.807, 2.05) is 71.6 Å². The fraction of sp³-hybridized carbons (Fsp3) is 0.280. The molecule has 6 heteroatoms. The minimum absolute atomic E-state index is 0.0808. The lowest BCUT2D eigenvalue weighted by Gasteiger charge is -2.33. The largest absolute Gasteiger partial charge is 0.469 e. The number of furan rings is 1. The Morgan fingerprint density at radius 1 is 1.03 bits per heavy atom. The molecular formula is C25H27N3O3. The van der Waals surface area contributed by atoms with Crippen molar-refractivity contribution in [2.24, 2.45) is 0 Å². The second-order valence-electron chi connectivity index (χ2n) is 7.79. The van der Waals surface area contributed by atoms with Gasteiger partial charge in [0, 0.05) is 43.2 Å². The van der Waals surface area contributed by atoms with E-state index in [-0.39, 0.29) is 17.9 Å². The maximum absolute atomic E-state index is 12.7. The zero-order chi connectivity index (χ0) is 21.5. The first-order chi connectivity index (χ1) is 15.2. The molecule has 4 rings (SSSR count). The number of piperidine rings is 1. The third kappa shape index (κ3) is 5.54. The van der Waals surface area contributed by atoms with Crippen LogP contribution in [-0.2, 0) is 6.42 Å². The van der Waals surface area contributed by atoms with Crippen LogP contribution in [0.4, 0.5) is 10.5 Å². The summed E-state index contributed by atoms with van der Waals surface area (Å²) in [4.78, 5) is 27.1. The molecule has 1 unspecified atom stereocenters. The van der Waals surface area contributed by atoms with Gasteiger partial charge in [-0.05, 0) is 54.8 Å². The molecule has 0 radical (unpaired) electrons. The molecule has 1 atom stereocenters. The van der Waals surface area contributed by atoms with Crippen LogP contribution in [-0.4, -0.2) is 36.5 Å². The molecule has 160 valence electrons. The first kappa shape index (κ1) is 20.7. The predicted molar refractivity (Wildman–Crippen MR) is 120 cm³/mol. The van der Waals surface area contributed by atoms with Gasteiger partial charge in [-0.3, -0.25) is 4.79 Å². The lowest BCUT2D eigenvalue weighted by atomic mass is 9.89. The number of anilines is 1. The summed E-state index contributed by atoms with van der Waals surface area (Å²) in [6, 6.07) is 20.9. The number of carbonyl (C=O) groups excluding carboxylic acids is 2. The Bertz CT molecular complexity index is 1000. The van der Waals surface area contributed by atoms with E-state index in [9.17, 15) is 9.59 Å². The van der Waals surface area contributed by atoms with Crippen LogP contribution in [0.1, 0.15) is 40.4 Å². The number of amides is 3. The highest BCUT2D eigenvalue weighted by Gasteiger charge is 2.25. The quantitative estimate of drug-likeness (QED) is 0.612. The number of para-hydroxylation sites is 1. The SMILES string of the molecule is O=C(NCCc1ccco1)c1cccc(C2CCCN(C(=O)Nc3ccccc3)C2)c1. The lowest BCUT2D eigenvalue weighted by Crippen LogP contribution is -2.41. The molecule has 0 spiro atoms. The van der Waals surface area contributed by atoms with Gasteiger partial charge in [0.05, 0.1) is 6.26 Å². The standard InChI is InChI=1S/C25H27N3O3/c29-24(26-14-13-23-12-6-16-31-23)20-8-4-7-19(17-20)21-9-5-15-28(18-21)25(30)27-22-10-2-1-3-11-22/h1-4,6-8,10-12,16-17,21H,5,9,13-15,18H2,(H,26,29)(H,27,30). The Morgan fingerprint density at radius 3 is 2.71 bits per heavy atom. The molecule has 1 fully saturated rings. The Morgan fingerprint density at radius 2 is 1.90 bits per heavy atom. The summed E-state index contributed by atoms with van der Waals surface area (Å²) in [7, 11) is 0. The first-order valence-electron chi connectivity index (χ1n) is 10.7.